The first-order valence-electron chi connectivity index (χ1n) is 6.30. The Balaban J connectivity index is 2.27. The van der Waals surface area contributed by atoms with Crippen molar-refractivity contribution in [3.8, 4) is 0 Å². The van der Waals surface area contributed by atoms with E-state index in [1.165, 1.54) is 6.20 Å². The van der Waals surface area contributed by atoms with Gasteiger partial charge >= 0.3 is 5.69 Å². The fraction of sp³-hybridized carbons (Fsp3) is 0.636. The lowest BCUT2D eigenvalue weighted by molar-refractivity contribution is -0.384. The molecule has 1 aromatic heterocycles. The summed E-state index contributed by atoms with van der Waals surface area (Å²) < 4.78 is 5.25. The normalized spacial score (nSPS) is 15.3. The highest BCUT2D eigenvalue weighted by Crippen LogP contribution is 2.26. The number of ether oxygens (including phenoxy) is 1. The van der Waals surface area contributed by atoms with Crippen molar-refractivity contribution in [1.82, 2.24) is 9.97 Å². The second kappa shape index (κ2) is 6.28. The molecular weight excluding hydrogens is 250 g/mol. The molecule has 0 aromatic carbocycles. The highest BCUT2D eigenvalue weighted by atomic mass is 16.6. The van der Waals surface area contributed by atoms with Crippen LogP contribution in [0.15, 0.2) is 6.20 Å². The van der Waals surface area contributed by atoms with Crippen LogP contribution in [0.4, 0.5) is 17.5 Å². The molecule has 0 amide bonds. The molecule has 8 nitrogen and oxygen atoms in total. The number of hydrogen-bond acceptors (Lipinski definition) is 7. The van der Waals surface area contributed by atoms with Crippen molar-refractivity contribution in [3.05, 3.63) is 16.3 Å². The van der Waals surface area contributed by atoms with Gasteiger partial charge in [-0.25, -0.2) is 4.98 Å². The first-order valence-corrected chi connectivity index (χ1v) is 6.30. The average molecular weight is 267 g/mol. The maximum absolute atomic E-state index is 11.0. The van der Waals surface area contributed by atoms with Crippen LogP contribution in [-0.2, 0) is 4.74 Å². The van der Waals surface area contributed by atoms with E-state index in [4.69, 9.17) is 4.74 Å². The minimum absolute atomic E-state index is 0.0658. The van der Waals surface area contributed by atoms with E-state index >= 15 is 0 Å². The molecule has 0 spiro atoms. The van der Waals surface area contributed by atoms with Crippen molar-refractivity contribution in [2.75, 3.05) is 43.1 Å². The second-order valence-corrected chi connectivity index (χ2v) is 4.19. The van der Waals surface area contributed by atoms with E-state index in [0.29, 0.717) is 38.1 Å². The maximum atomic E-state index is 11.0. The zero-order valence-electron chi connectivity index (χ0n) is 10.8. The Morgan fingerprint density at radius 2 is 2.26 bits per heavy atom. The summed E-state index contributed by atoms with van der Waals surface area (Å²) in [4.78, 5) is 20.7. The Hall–Kier alpha value is -1.96. The van der Waals surface area contributed by atoms with Gasteiger partial charge in [-0.1, -0.05) is 6.92 Å². The largest absolute Gasteiger partial charge is 0.378 e. The SMILES string of the molecule is CCCNc1ncc([N+](=O)[O-])c(N2CCOCC2)n1. The zero-order chi connectivity index (χ0) is 13.7. The smallest absolute Gasteiger partial charge is 0.329 e. The molecule has 8 heteroatoms. The lowest BCUT2D eigenvalue weighted by Gasteiger charge is -2.27. The summed E-state index contributed by atoms with van der Waals surface area (Å²) in [7, 11) is 0. The van der Waals surface area contributed by atoms with Crippen molar-refractivity contribution < 1.29 is 9.66 Å². The molecule has 104 valence electrons. The topological polar surface area (TPSA) is 93.4 Å². The fourth-order valence-electron chi connectivity index (χ4n) is 1.83. The third kappa shape index (κ3) is 3.28. The maximum Gasteiger partial charge on any atom is 0.329 e. The van der Waals surface area contributed by atoms with Gasteiger partial charge in [-0.3, -0.25) is 10.1 Å². The van der Waals surface area contributed by atoms with Crippen LogP contribution < -0.4 is 10.2 Å². The van der Waals surface area contributed by atoms with Gasteiger partial charge in [0.1, 0.15) is 6.20 Å². The summed E-state index contributed by atoms with van der Waals surface area (Å²) in [6, 6.07) is 0. The summed E-state index contributed by atoms with van der Waals surface area (Å²) in [5.74, 6) is 0.788. The minimum atomic E-state index is -0.450. The molecule has 1 aliphatic heterocycles. The molecule has 19 heavy (non-hydrogen) atoms. The van der Waals surface area contributed by atoms with E-state index in [9.17, 15) is 10.1 Å². The molecule has 2 rings (SSSR count). The predicted molar refractivity (Wildman–Crippen MR) is 70.5 cm³/mol. The number of nitrogens with zero attached hydrogens (tertiary/aromatic N) is 4. The van der Waals surface area contributed by atoms with Gasteiger partial charge < -0.3 is 15.0 Å². The molecule has 0 bridgehead atoms. The van der Waals surface area contributed by atoms with E-state index < -0.39 is 4.92 Å². The molecule has 0 radical (unpaired) electrons. The highest BCUT2D eigenvalue weighted by molar-refractivity contribution is 5.59. The first-order chi connectivity index (χ1) is 9.22. The van der Waals surface area contributed by atoms with Crippen LogP contribution in [0.2, 0.25) is 0 Å². The van der Waals surface area contributed by atoms with Gasteiger partial charge in [-0.05, 0) is 6.42 Å². The molecule has 1 fully saturated rings. The lowest BCUT2D eigenvalue weighted by Crippen LogP contribution is -2.37. The van der Waals surface area contributed by atoms with Crippen LogP contribution >= 0.6 is 0 Å². The van der Waals surface area contributed by atoms with Crippen LogP contribution in [0.1, 0.15) is 13.3 Å². The molecule has 0 aliphatic carbocycles. The molecular formula is C11H17N5O3. The molecule has 1 saturated heterocycles. The van der Waals surface area contributed by atoms with Gasteiger partial charge in [0.25, 0.3) is 0 Å². The van der Waals surface area contributed by atoms with Gasteiger partial charge in [0.15, 0.2) is 0 Å². The summed E-state index contributed by atoms with van der Waals surface area (Å²) in [6.07, 6.45) is 2.20. The Bertz CT molecular complexity index is 448. The quantitative estimate of drug-likeness (QED) is 0.629. The monoisotopic (exact) mass is 267 g/mol. The van der Waals surface area contributed by atoms with Crippen LogP contribution in [0.5, 0.6) is 0 Å². The number of rotatable bonds is 5. The molecule has 0 unspecified atom stereocenters. The lowest BCUT2D eigenvalue weighted by atomic mass is 10.3. The van der Waals surface area contributed by atoms with Crippen molar-refractivity contribution in [2.24, 2.45) is 0 Å². The van der Waals surface area contributed by atoms with E-state index in [1.54, 1.807) is 0 Å². The number of nitrogens with one attached hydrogen (secondary N) is 1. The Morgan fingerprint density at radius 1 is 1.53 bits per heavy atom. The predicted octanol–water partition coefficient (Wildman–Crippen LogP) is 1.04. The van der Waals surface area contributed by atoms with Gasteiger partial charge in [0.2, 0.25) is 11.8 Å². The summed E-state index contributed by atoms with van der Waals surface area (Å²) >= 11 is 0. The van der Waals surface area contributed by atoms with Crippen molar-refractivity contribution in [2.45, 2.75) is 13.3 Å². The van der Waals surface area contributed by atoms with Crippen molar-refractivity contribution in [3.63, 3.8) is 0 Å². The fourth-order valence-corrected chi connectivity index (χ4v) is 1.83. The second-order valence-electron chi connectivity index (χ2n) is 4.19. The summed E-state index contributed by atoms with van der Waals surface area (Å²) in [5.41, 5.74) is -0.0658. The number of nitro groups is 1. The van der Waals surface area contributed by atoms with Crippen LogP contribution in [0.25, 0.3) is 0 Å². The molecule has 1 aliphatic rings. The molecule has 1 aromatic rings. The third-order valence-electron chi connectivity index (χ3n) is 2.79. The minimum Gasteiger partial charge on any atom is -0.378 e. The van der Waals surface area contributed by atoms with Gasteiger partial charge in [-0.15, -0.1) is 0 Å². The van der Waals surface area contributed by atoms with Crippen molar-refractivity contribution in [1.29, 1.82) is 0 Å². The molecule has 1 N–H and O–H groups in total. The number of anilines is 2. The van der Waals surface area contributed by atoms with Crippen LogP contribution in [0.3, 0.4) is 0 Å². The molecule has 0 saturated carbocycles. The third-order valence-corrected chi connectivity index (χ3v) is 2.79. The van der Waals surface area contributed by atoms with Crippen LogP contribution in [0, 0.1) is 10.1 Å². The average Bonchev–Trinajstić information content (AvgIpc) is 2.45. The summed E-state index contributed by atoms with van der Waals surface area (Å²) in [5, 5.41) is 14.1. The standard InChI is InChI=1S/C11H17N5O3/c1-2-3-12-11-13-8-9(16(17)18)10(14-11)15-4-6-19-7-5-15/h8H,2-7H2,1H3,(H,12,13,14). The molecule has 0 atom stereocenters. The van der Waals surface area contributed by atoms with Crippen molar-refractivity contribution >= 4 is 17.5 Å². The van der Waals surface area contributed by atoms with Gasteiger partial charge in [-0.2, -0.15) is 4.98 Å². The number of morpholine rings is 1. The Morgan fingerprint density at radius 3 is 2.89 bits per heavy atom. The van der Waals surface area contributed by atoms with E-state index in [-0.39, 0.29) is 5.69 Å². The van der Waals surface area contributed by atoms with Gasteiger partial charge in [0, 0.05) is 19.6 Å². The number of hydrogen-bond donors (Lipinski definition) is 1. The highest BCUT2D eigenvalue weighted by Gasteiger charge is 2.24. The van der Waals surface area contributed by atoms with E-state index in [1.807, 2.05) is 11.8 Å². The Kier molecular flexibility index (Phi) is 4.45. The van der Waals surface area contributed by atoms with E-state index in [0.717, 1.165) is 13.0 Å². The summed E-state index contributed by atoms with van der Waals surface area (Å²) in [6.45, 7) is 5.08. The zero-order valence-corrected chi connectivity index (χ0v) is 10.8. The number of aromatic nitrogens is 2. The van der Waals surface area contributed by atoms with E-state index in [2.05, 4.69) is 15.3 Å². The van der Waals surface area contributed by atoms with Gasteiger partial charge in [0.05, 0.1) is 18.1 Å². The molecule has 2 heterocycles. The van der Waals surface area contributed by atoms with Crippen LogP contribution in [-0.4, -0.2) is 47.7 Å². The Labute approximate surface area is 110 Å². The first kappa shape index (κ1) is 13.5.